The molecule has 1 aromatic rings. The summed E-state index contributed by atoms with van der Waals surface area (Å²) in [5, 5.41) is 4.40. The largest absolute Gasteiger partial charge is 0.327 e. The predicted octanol–water partition coefficient (Wildman–Crippen LogP) is 3.12. The van der Waals surface area contributed by atoms with Crippen LogP contribution in [-0.2, 0) is 6.42 Å². The lowest BCUT2D eigenvalue weighted by molar-refractivity contribution is 0.577. The van der Waals surface area contributed by atoms with Gasteiger partial charge in [0.2, 0.25) is 0 Å². The van der Waals surface area contributed by atoms with Gasteiger partial charge in [-0.1, -0.05) is 11.6 Å². The van der Waals surface area contributed by atoms with Gasteiger partial charge in [0.15, 0.2) is 0 Å². The second kappa shape index (κ2) is 4.76. The lowest BCUT2D eigenvalue weighted by Gasteiger charge is -2.17. The zero-order valence-corrected chi connectivity index (χ0v) is 9.22. The third kappa shape index (κ3) is 2.69. The van der Waals surface area contributed by atoms with Crippen LogP contribution in [0.3, 0.4) is 0 Å². The molecule has 76 valence electrons. The highest BCUT2D eigenvalue weighted by molar-refractivity contribution is 7.07. The lowest BCUT2D eigenvalue weighted by Crippen LogP contribution is -2.21. The van der Waals surface area contributed by atoms with Crippen molar-refractivity contribution in [1.29, 1.82) is 0 Å². The summed E-state index contributed by atoms with van der Waals surface area (Å²) in [6.07, 6.45) is 8.24. The van der Waals surface area contributed by atoms with Crippen molar-refractivity contribution < 1.29 is 0 Å². The van der Waals surface area contributed by atoms with Crippen LogP contribution in [0.25, 0.3) is 0 Å². The van der Waals surface area contributed by atoms with Crippen LogP contribution in [0, 0.1) is 0 Å². The van der Waals surface area contributed by atoms with Gasteiger partial charge >= 0.3 is 0 Å². The second-order valence-corrected chi connectivity index (χ2v) is 4.81. The number of rotatable bonds is 3. The van der Waals surface area contributed by atoms with Crippen molar-refractivity contribution in [1.82, 2.24) is 0 Å². The van der Waals surface area contributed by atoms with E-state index in [0.29, 0.717) is 6.04 Å². The summed E-state index contributed by atoms with van der Waals surface area (Å²) in [4.78, 5) is 0. The fraction of sp³-hybridized carbons (Fsp3) is 0.500. The Bertz CT molecular complexity index is 300. The summed E-state index contributed by atoms with van der Waals surface area (Å²) in [5.41, 5.74) is 8.93. The molecule has 1 aromatic heterocycles. The Labute approximate surface area is 89.6 Å². The first-order valence-electron chi connectivity index (χ1n) is 5.29. The molecule has 0 saturated carbocycles. The number of hydrogen-bond acceptors (Lipinski definition) is 2. The van der Waals surface area contributed by atoms with Gasteiger partial charge in [-0.25, -0.2) is 0 Å². The van der Waals surface area contributed by atoms with Crippen molar-refractivity contribution in [2.75, 3.05) is 0 Å². The molecule has 0 amide bonds. The molecule has 0 aromatic carbocycles. The van der Waals surface area contributed by atoms with Gasteiger partial charge < -0.3 is 5.73 Å². The molecule has 0 saturated heterocycles. The molecule has 2 N–H and O–H groups in total. The van der Waals surface area contributed by atoms with Gasteiger partial charge in [0.05, 0.1) is 0 Å². The number of allylic oxidation sites excluding steroid dienone is 1. The molecule has 1 aliphatic rings. The monoisotopic (exact) mass is 207 g/mol. The van der Waals surface area contributed by atoms with Crippen molar-refractivity contribution in [3.63, 3.8) is 0 Å². The molecule has 2 rings (SSSR count). The molecule has 2 heteroatoms. The first-order valence-corrected chi connectivity index (χ1v) is 6.23. The maximum atomic E-state index is 5.84. The van der Waals surface area contributed by atoms with Gasteiger partial charge in [0, 0.05) is 6.04 Å². The minimum absolute atomic E-state index is 0.417. The summed E-state index contributed by atoms with van der Waals surface area (Å²) in [5.74, 6) is 0. The Balaban J connectivity index is 1.81. The normalized spacial score (nSPS) is 22.1. The number of aryl methyl sites for hydroxylation is 1. The maximum absolute atomic E-state index is 5.84. The Morgan fingerprint density at radius 3 is 3.00 bits per heavy atom. The molecule has 0 bridgehead atoms. The number of nitrogens with two attached hydrogens (primary N) is 1. The van der Waals surface area contributed by atoms with E-state index in [2.05, 4.69) is 22.9 Å². The average Bonchev–Trinajstić information content (AvgIpc) is 2.70. The van der Waals surface area contributed by atoms with E-state index in [9.17, 15) is 0 Å². The Kier molecular flexibility index (Phi) is 3.38. The van der Waals surface area contributed by atoms with Crippen LogP contribution in [-0.4, -0.2) is 6.04 Å². The third-order valence-corrected chi connectivity index (χ3v) is 3.59. The van der Waals surface area contributed by atoms with Gasteiger partial charge in [-0.2, -0.15) is 11.3 Å². The highest BCUT2D eigenvalue weighted by Crippen LogP contribution is 2.21. The molecule has 1 unspecified atom stereocenters. The van der Waals surface area contributed by atoms with Crippen LogP contribution in [0.2, 0.25) is 0 Å². The molecule has 0 fully saturated rings. The summed E-state index contributed by atoms with van der Waals surface area (Å²) in [6, 6.07) is 2.64. The Morgan fingerprint density at radius 2 is 2.36 bits per heavy atom. The van der Waals surface area contributed by atoms with Crippen LogP contribution in [0.5, 0.6) is 0 Å². The number of hydrogen-bond donors (Lipinski definition) is 1. The molecule has 14 heavy (non-hydrogen) atoms. The topological polar surface area (TPSA) is 26.0 Å². The van der Waals surface area contributed by atoms with E-state index < -0.39 is 0 Å². The first-order chi connectivity index (χ1) is 6.84. The standard InChI is InChI=1S/C12H17NS/c13-12-5-3-10(4-6-12)1-2-11-7-8-14-9-11/h3,7-9,12H,1-2,4-6,13H2. The molecule has 1 nitrogen and oxygen atoms in total. The van der Waals surface area contributed by atoms with Crippen LogP contribution >= 0.6 is 11.3 Å². The van der Waals surface area contributed by atoms with E-state index in [1.54, 1.807) is 16.9 Å². The van der Waals surface area contributed by atoms with Crippen LogP contribution in [0.4, 0.5) is 0 Å². The third-order valence-electron chi connectivity index (χ3n) is 2.86. The molecule has 0 aliphatic heterocycles. The van der Waals surface area contributed by atoms with Crippen molar-refractivity contribution >= 4 is 11.3 Å². The molecule has 0 spiro atoms. The highest BCUT2D eigenvalue weighted by Gasteiger charge is 2.09. The van der Waals surface area contributed by atoms with Crippen LogP contribution in [0.1, 0.15) is 31.2 Å². The maximum Gasteiger partial charge on any atom is 0.00765 e. The van der Waals surface area contributed by atoms with Crippen molar-refractivity contribution in [2.45, 2.75) is 38.1 Å². The smallest absolute Gasteiger partial charge is 0.00765 e. The number of thiophene rings is 1. The van der Waals surface area contributed by atoms with Crippen molar-refractivity contribution in [3.05, 3.63) is 34.0 Å². The van der Waals surface area contributed by atoms with E-state index in [1.807, 2.05) is 0 Å². The molecule has 1 heterocycles. The van der Waals surface area contributed by atoms with Gasteiger partial charge in [0.25, 0.3) is 0 Å². The van der Waals surface area contributed by atoms with E-state index in [4.69, 9.17) is 5.73 Å². The summed E-state index contributed by atoms with van der Waals surface area (Å²) < 4.78 is 0. The molecule has 0 radical (unpaired) electrons. The van der Waals surface area contributed by atoms with E-state index >= 15 is 0 Å². The highest BCUT2D eigenvalue weighted by atomic mass is 32.1. The lowest BCUT2D eigenvalue weighted by atomic mass is 9.92. The SMILES string of the molecule is NC1CC=C(CCc2ccsc2)CC1. The Morgan fingerprint density at radius 1 is 1.43 bits per heavy atom. The van der Waals surface area contributed by atoms with Crippen molar-refractivity contribution in [2.24, 2.45) is 5.73 Å². The van der Waals surface area contributed by atoms with Gasteiger partial charge in [0.1, 0.15) is 0 Å². The zero-order chi connectivity index (χ0) is 9.80. The zero-order valence-electron chi connectivity index (χ0n) is 8.41. The summed E-state index contributed by atoms with van der Waals surface area (Å²) in [6.45, 7) is 0. The average molecular weight is 207 g/mol. The second-order valence-electron chi connectivity index (χ2n) is 4.03. The van der Waals surface area contributed by atoms with E-state index in [1.165, 1.54) is 31.2 Å². The van der Waals surface area contributed by atoms with Gasteiger partial charge in [-0.05, 0) is 54.5 Å². The van der Waals surface area contributed by atoms with E-state index in [-0.39, 0.29) is 0 Å². The van der Waals surface area contributed by atoms with Gasteiger partial charge in [-0.3, -0.25) is 0 Å². The minimum Gasteiger partial charge on any atom is -0.327 e. The first kappa shape index (κ1) is 9.94. The molecular weight excluding hydrogens is 190 g/mol. The summed E-state index contributed by atoms with van der Waals surface area (Å²) in [7, 11) is 0. The molecule has 1 atom stereocenters. The van der Waals surface area contributed by atoms with Crippen LogP contribution < -0.4 is 5.73 Å². The summed E-state index contributed by atoms with van der Waals surface area (Å²) >= 11 is 1.79. The quantitative estimate of drug-likeness (QED) is 0.757. The predicted molar refractivity (Wildman–Crippen MR) is 62.5 cm³/mol. The fourth-order valence-corrected chi connectivity index (χ4v) is 2.58. The van der Waals surface area contributed by atoms with Crippen LogP contribution in [0.15, 0.2) is 28.5 Å². The van der Waals surface area contributed by atoms with Gasteiger partial charge in [-0.15, -0.1) is 0 Å². The minimum atomic E-state index is 0.417. The van der Waals surface area contributed by atoms with Crippen molar-refractivity contribution in [3.8, 4) is 0 Å². The molecule has 1 aliphatic carbocycles. The van der Waals surface area contributed by atoms with E-state index in [0.717, 1.165) is 6.42 Å². The Hall–Kier alpha value is -0.600. The fourth-order valence-electron chi connectivity index (χ4n) is 1.88. The molecular formula is C12H17NS.